The van der Waals surface area contributed by atoms with Crippen molar-refractivity contribution < 1.29 is 18.1 Å². The van der Waals surface area contributed by atoms with E-state index in [-0.39, 0.29) is 11.9 Å². The number of nitrogens with one attached hydrogen (secondary N) is 2. The summed E-state index contributed by atoms with van der Waals surface area (Å²) < 4.78 is 28.0. The van der Waals surface area contributed by atoms with Gasteiger partial charge < -0.3 is 10.2 Å². The van der Waals surface area contributed by atoms with Crippen LogP contribution in [0.25, 0.3) is 0 Å². The Balaban J connectivity index is 1.66. The van der Waals surface area contributed by atoms with Gasteiger partial charge in [0.1, 0.15) is 0 Å². The maximum atomic E-state index is 13.2. The lowest BCUT2D eigenvalue weighted by molar-refractivity contribution is -0.917. The standard InChI is InChI=1S/C22H29N3O3S/c1-16-14-17(2)21(18(3)15-16)29(27,28)25-12-10-24(11-13-25)19(4)22(26)23-20-8-6-5-7-9-20/h5-9,14-15,19H,10-13H2,1-4H3,(H,23,26)/p+1/t19-/m1/s1. The summed E-state index contributed by atoms with van der Waals surface area (Å²) in [4.78, 5) is 14.1. The normalized spacial score (nSPS) is 17.1. The zero-order valence-electron chi connectivity index (χ0n) is 17.5. The molecule has 1 heterocycles. The molecule has 2 N–H and O–H groups in total. The molecule has 1 atom stereocenters. The van der Waals surface area contributed by atoms with Crippen LogP contribution < -0.4 is 10.2 Å². The van der Waals surface area contributed by atoms with Crippen LogP contribution in [-0.4, -0.2) is 50.9 Å². The number of para-hydroxylation sites is 1. The van der Waals surface area contributed by atoms with Gasteiger partial charge in [-0.1, -0.05) is 35.9 Å². The van der Waals surface area contributed by atoms with Gasteiger partial charge in [0.15, 0.2) is 6.04 Å². The lowest BCUT2D eigenvalue weighted by atomic mass is 10.1. The Kier molecular flexibility index (Phi) is 6.41. The number of benzene rings is 2. The first-order valence-electron chi connectivity index (χ1n) is 9.98. The van der Waals surface area contributed by atoms with E-state index in [1.165, 1.54) is 0 Å². The predicted molar refractivity (Wildman–Crippen MR) is 115 cm³/mol. The van der Waals surface area contributed by atoms with Gasteiger partial charge in [0.05, 0.1) is 31.1 Å². The first-order chi connectivity index (χ1) is 13.7. The minimum absolute atomic E-state index is 0.0484. The maximum absolute atomic E-state index is 13.2. The fourth-order valence-electron chi connectivity index (χ4n) is 4.11. The highest BCUT2D eigenvalue weighted by Crippen LogP contribution is 2.25. The van der Waals surface area contributed by atoms with E-state index in [1.54, 1.807) is 4.31 Å². The van der Waals surface area contributed by atoms with Crippen LogP contribution in [0.2, 0.25) is 0 Å². The molecule has 1 aliphatic rings. The predicted octanol–water partition coefficient (Wildman–Crippen LogP) is 1.53. The number of hydrogen-bond donors (Lipinski definition) is 2. The summed E-state index contributed by atoms with van der Waals surface area (Å²) >= 11 is 0. The molecule has 0 spiro atoms. The largest absolute Gasteiger partial charge is 0.323 e. The van der Waals surface area contributed by atoms with Gasteiger partial charge in [-0.25, -0.2) is 8.42 Å². The Morgan fingerprint density at radius 2 is 1.59 bits per heavy atom. The number of hydrogen-bond acceptors (Lipinski definition) is 3. The van der Waals surface area contributed by atoms with Crippen LogP contribution in [0.1, 0.15) is 23.6 Å². The van der Waals surface area contributed by atoms with Gasteiger partial charge in [-0.3, -0.25) is 4.79 Å². The molecule has 2 aromatic carbocycles. The number of carbonyl (C=O) groups is 1. The molecule has 0 unspecified atom stereocenters. The molecule has 7 heteroatoms. The SMILES string of the molecule is Cc1cc(C)c(S(=O)(=O)N2CC[NH+]([C@H](C)C(=O)Nc3ccccc3)CC2)c(C)c1. The number of rotatable bonds is 5. The summed E-state index contributed by atoms with van der Waals surface area (Å²) in [5.74, 6) is -0.0484. The zero-order chi connectivity index (χ0) is 21.2. The third-order valence-electron chi connectivity index (χ3n) is 5.61. The smallest absolute Gasteiger partial charge is 0.282 e. The summed E-state index contributed by atoms with van der Waals surface area (Å²) in [7, 11) is -3.54. The van der Waals surface area contributed by atoms with Crippen molar-refractivity contribution in [3.63, 3.8) is 0 Å². The van der Waals surface area contributed by atoms with Gasteiger partial charge in [-0.15, -0.1) is 0 Å². The third kappa shape index (κ3) is 4.69. The van der Waals surface area contributed by atoms with Gasteiger partial charge in [0.2, 0.25) is 10.0 Å². The Morgan fingerprint density at radius 3 is 2.14 bits per heavy atom. The maximum Gasteiger partial charge on any atom is 0.282 e. The number of quaternary nitrogens is 1. The summed E-state index contributed by atoms with van der Waals surface area (Å²) in [6.07, 6.45) is 0. The Labute approximate surface area is 173 Å². The second kappa shape index (κ2) is 8.65. The Bertz CT molecular complexity index is 959. The van der Waals surface area contributed by atoms with Crippen molar-refractivity contribution in [1.29, 1.82) is 0 Å². The van der Waals surface area contributed by atoms with Gasteiger partial charge in [0, 0.05) is 5.69 Å². The fraction of sp³-hybridized carbons (Fsp3) is 0.409. The summed E-state index contributed by atoms with van der Waals surface area (Å²) in [6.45, 7) is 9.60. The van der Waals surface area contributed by atoms with Crippen molar-refractivity contribution in [1.82, 2.24) is 4.31 Å². The second-order valence-electron chi connectivity index (χ2n) is 7.87. The molecule has 0 aliphatic carbocycles. The molecule has 0 radical (unpaired) electrons. The third-order valence-corrected chi connectivity index (χ3v) is 7.82. The Hall–Kier alpha value is -2.22. The van der Waals surface area contributed by atoms with E-state index < -0.39 is 10.0 Å². The molecule has 3 rings (SSSR count). The number of piperazine rings is 1. The average molecular weight is 417 g/mol. The monoisotopic (exact) mass is 416 g/mol. The number of nitrogens with zero attached hydrogens (tertiary/aromatic N) is 1. The van der Waals surface area contributed by atoms with E-state index in [1.807, 2.05) is 70.2 Å². The van der Waals surface area contributed by atoms with Crippen LogP contribution >= 0.6 is 0 Å². The molecule has 0 aromatic heterocycles. The van der Waals surface area contributed by atoms with Crippen LogP contribution in [0.3, 0.4) is 0 Å². The van der Waals surface area contributed by atoms with E-state index in [0.717, 1.165) is 27.3 Å². The van der Waals surface area contributed by atoms with Gasteiger partial charge in [0.25, 0.3) is 5.91 Å². The lowest BCUT2D eigenvalue weighted by Gasteiger charge is -2.34. The number of anilines is 1. The molecule has 1 fully saturated rings. The van der Waals surface area contributed by atoms with Crippen LogP contribution in [0.5, 0.6) is 0 Å². The second-order valence-corrected chi connectivity index (χ2v) is 9.74. The molecule has 1 amide bonds. The van der Waals surface area contributed by atoms with Crippen LogP contribution in [0, 0.1) is 20.8 Å². The highest BCUT2D eigenvalue weighted by atomic mass is 32.2. The number of aryl methyl sites for hydroxylation is 3. The quantitative estimate of drug-likeness (QED) is 0.777. The van der Waals surface area contributed by atoms with E-state index in [4.69, 9.17) is 0 Å². The fourth-order valence-corrected chi connectivity index (χ4v) is 5.96. The van der Waals surface area contributed by atoms with Crippen molar-refractivity contribution >= 4 is 21.6 Å². The molecule has 1 saturated heterocycles. The first-order valence-corrected chi connectivity index (χ1v) is 11.4. The summed E-state index contributed by atoms with van der Waals surface area (Å²) in [5.41, 5.74) is 3.41. The highest BCUT2D eigenvalue weighted by molar-refractivity contribution is 7.89. The molecular weight excluding hydrogens is 386 g/mol. The minimum atomic E-state index is -3.54. The van der Waals surface area contributed by atoms with Gasteiger partial charge >= 0.3 is 0 Å². The average Bonchev–Trinajstić information content (AvgIpc) is 2.67. The topological polar surface area (TPSA) is 70.9 Å². The Morgan fingerprint density at radius 1 is 1.03 bits per heavy atom. The van der Waals surface area contributed by atoms with Crippen molar-refractivity contribution in [2.75, 3.05) is 31.5 Å². The minimum Gasteiger partial charge on any atom is -0.323 e. The van der Waals surface area contributed by atoms with E-state index >= 15 is 0 Å². The first kappa shape index (κ1) is 21.5. The molecule has 6 nitrogen and oxygen atoms in total. The van der Waals surface area contributed by atoms with E-state index in [0.29, 0.717) is 31.1 Å². The summed E-state index contributed by atoms with van der Waals surface area (Å²) in [5, 5.41) is 2.93. The van der Waals surface area contributed by atoms with Gasteiger partial charge in [-0.05, 0) is 51.0 Å². The number of carbonyl (C=O) groups excluding carboxylic acids is 1. The van der Waals surface area contributed by atoms with Crippen molar-refractivity contribution in [3.8, 4) is 0 Å². The molecule has 29 heavy (non-hydrogen) atoms. The van der Waals surface area contributed by atoms with E-state index in [2.05, 4.69) is 5.32 Å². The van der Waals surface area contributed by atoms with E-state index in [9.17, 15) is 13.2 Å². The van der Waals surface area contributed by atoms with Crippen LogP contribution in [-0.2, 0) is 14.8 Å². The molecular formula is C22H30N3O3S+. The van der Waals surface area contributed by atoms with Crippen LogP contribution in [0.4, 0.5) is 5.69 Å². The zero-order valence-corrected chi connectivity index (χ0v) is 18.3. The van der Waals surface area contributed by atoms with Crippen molar-refractivity contribution in [2.45, 2.75) is 38.6 Å². The summed E-state index contributed by atoms with van der Waals surface area (Å²) in [6, 6.07) is 13.0. The molecule has 1 aliphatic heterocycles. The van der Waals surface area contributed by atoms with Crippen molar-refractivity contribution in [2.24, 2.45) is 0 Å². The molecule has 0 bridgehead atoms. The van der Waals surface area contributed by atoms with Gasteiger partial charge in [-0.2, -0.15) is 4.31 Å². The highest BCUT2D eigenvalue weighted by Gasteiger charge is 2.35. The van der Waals surface area contributed by atoms with Crippen LogP contribution in [0.15, 0.2) is 47.4 Å². The molecule has 2 aromatic rings. The number of amides is 1. The van der Waals surface area contributed by atoms with Crippen molar-refractivity contribution in [3.05, 3.63) is 59.2 Å². The lowest BCUT2D eigenvalue weighted by Crippen LogP contribution is -3.19. The molecule has 156 valence electrons. The molecule has 0 saturated carbocycles. The number of sulfonamides is 1.